The summed E-state index contributed by atoms with van der Waals surface area (Å²) in [7, 11) is -4.74. The third kappa shape index (κ3) is 3.88. The molecule has 1 rings (SSSR count). The Bertz CT molecular complexity index is 469. The van der Waals surface area contributed by atoms with Gasteiger partial charge in [0, 0.05) is 11.8 Å². The fourth-order valence-electron chi connectivity index (χ4n) is 1.06. The summed E-state index contributed by atoms with van der Waals surface area (Å²) in [6.45, 7) is 1.07. The van der Waals surface area contributed by atoms with Gasteiger partial charge in [0.1, 0.15) is 12.4 Å². The van der Waals surface area contributed by atoms with E-state index in [1.807, 2.05) is 0 Å². The van der Waals surface area contributed by atoms with Crippen LogP contribution in [0.25, 0.3) is 0 Å². The normalized spacial score (nSPS) is 11.5. The molecule has 0 fully saturated rings. The van der Waals surface area contributed by atoms with Crippen LogP contribution in [0.4, 0.5) is 0 Å². The van der Waals surface area contributed by atoms with Crippen molar-refractivity contribution in [2.75, 3.05) is 0 Å². The number of rotatable bonds is 5. The highest BCUT2D eigenvalue weighted by Gasteiger charge is 2.17. The van der Waals surface area contributed by atoms with Gasteiger partial charge in [0.2, 0.25) is 0 Å². The number of nitrogens with zero attached hydrogens (tertiary/aromatic N) is 1. The minimum atomic E-state index is -4.74. The van der Waals surface area contributed by atoms with Crippen LogP contribution in [0, 0.1) is 6.92 Å². The zero-order chi connectivity index (χ0) is 13.1. The number of aromatic nitrogens is 1. The predicted molar refractivity (Wildman–Crippen MR) is 53.9 cm³/mol. The number of aryl methyl sites for hydroxylation is 1. The number of aromatic hydroxyl groups is 1. The Labute approximate surface area is 96.0 Å². The van der Waals surface area contributed by atoms with Gasteiger partial charge >= 0.3 is 7.82 Å². The van der Waals surface area contributed by atoms with Crippen molar-refractivity contribution in [3.05, 3.63) is 23.0 Å². The molecule has 0 amide bonds. The molecule has 0 aliphatic carbocycles. The summed E-state index contributed by atoms with van der Waals surface area (Å²) >= 11 is 0. The van der Waals surface area contributed by atoms with Crippen molar-refractivity contribution in [2.45, 2.75) is 13.5 Å². The molecule has 0 spiro atoms. The van der Waals surface area contributed by atoms with Gasteiger partial charge in [-0.25, -0.2) is 9.45 Å². The van der Waals surface area contributed by atoms with Gasteiger partial charge in [0.05, 0.1) is 11.3 Å². The Hall–Kier alpha value is -1.31. The van der Waals surface area contributed by atoms with Crippen molar-refractivity contribution in [3.8, 4) is 5.75 Å². The van der Waals surface area contributed by atoms with E-state index < -0.39 is 14.4 Å². The fraction of sp³-hybridized carbons (Fsp3) is 0.250. The van der Waals surface area contributed by atoms with E-state index in [2.05, 4.69) is 14.5 Å². The molecule has 0 saturated heterocycles. The molecule has 0 aliphatic rings. The maximum absolute atomic E-state index is 10.7. The molecule has 0 aliphatic heterocycles. The Morgan fingerprint density at radius 3 is 2.71 bits per heavy atom. The third-order valence-corrected chi connectivity index (χ3v) is 2.14. The number of aldehydes is 1. The maximum Gasteiger partial charge on any atom is 0.496 e. The molecule has 0 bridgehead atoms. The minimum Gasteiger partial charge on any atom is -0.505 e. The first-order valence-corrected chi connectivity index (χ1v) is 5.87. The lowest BCUT2D eigenvalue weighted by Gasteiger charge is -2.08. The Morgan fingerprint density at radius 1 is 1.53 bits per heavy atom. The molecule has 17 heavy (non-hydrogen) atoms. The monoisotopic (exact) mass is 263 g/mol. The summed E-state index contributed by atoms with van der Waals surface area (Å²) in [6.07, 6.45) is 1.63. The number of carbonyl (C=O) groups is 1. The van der Waals surface area contributed by atoms with Crippen LogP contribution in [0.1, 0.15) is 21.6 Å². The van der Waals surface area contributed by atoms with Crippen LogP contribution in [0.5, 0.6) is 5.75 Å². The number of hydrogen-bond acceptors (Lipinski definition) is 6. The molecule has 0 atom stereocenters. The van der Waals surface area contributed by atoms with E-state index in [0.717, 1.165) is 0 Å². The highest BCUT2D eigenvalue weighted by molar-refractivity contribution is 7.46. The average molecular weight is 263 g/mol. The molecule has 0 radical (unpaired) electrons. The van der Waals surface area contributed by atoms with Gasteiger partial charge in [0.15, 0.2) is 6.29 Å². The molecule has 1 aromatic heterocycles. The van der Waals surface area contributed by atoms with Gasteiger partial charge in [-0.1, -0.05) is 0 Å². The van der Waals surface area contributed by atoms with E-state index in [1.54, 1.807) is 0 Å². The minimum absolute atomic E-state index is 0.0631. The van der Waals surface area contributed by atoms with Crippen LogP contribution in [0.15, 0.2) is 6.20 Å². The lowest BCUT2D eigenvalue weighted by molar-refractivity contribution is -0.232. The van der Waals surface area contributed by atoms with E-state index in [9.17, 15) is 14.5 Å². The maximum atomic E-state index is 10.7. The molecule has 8 nitrogen and oxygen atoms in total. The lowest BCUT2D eigenvalue weighted by atomic mass is 10.1. The van der Waals surface area contributed by atoms with Gasteiger partial charge in [-0.05, 0) is 6.92 Å². The molecule has 1 heterocycles. The number of carbonyl (C=O) groups excluding carboxylic acids is 1. The van der Waals surface area contributed by atoms with Crippen LogP contribution >= 0.6 is 7.82 Å². The van der Waals surface area contributed by atoms with Crippen LogP contribution in [-0.2, 0) is 20.7 Å². The smallest absolute Gasteiger partial charge is 0.496 e. The molecular formula is C8H10NO7P. The first-order chi connectivity index (χ1) is 7.85. The molecule has 0 unspecified atom stereocenters. The molecule has 0 aromatic carbocycles. The van der Waals surface area contributed by atoms with Crippen molar-refractivity contribution in [1.82, 2.24) is 4.98 Å². The zero-order valence-corrected chi connectivity index (χ0v) is 9.63. The first kappa shape index (κ1) is 13.8. The molecule has 9 heteroatoms. The topological polar surface area (TPSA) is 126 Å². The van der Waals surface area contributed by atoms with Gasteiger partial charge in [-0.15, -0.1) is 4.67 Å². The highest BCUT2D eigenvalue weighted by atomic mass is 31.2. The van der Waals surface area contributed by atoms with Gasteiger partial charge in [-0.2, -0.15) is 0 Å². The predicted octanol–water partition coefficient (Wildman–Crippen LogP) is 0.449. The standard InChI is InChI=1S/C8H10NO7P/c1-5-8(11)7(3-10)6(2-9-5)4-15-16-17(12,13)14/h2-3,11H,4H2,1H3,(H2,12,13,14). The molecule has 0 saturated carbocycles. The van der Waals surface area contributed by atoms with Gasteiger partial charge < -0.3 is 14.9 Å². The number of pyridine rings is 1. The molecule has 94 valence electrons. The van der Waals surface area contributed by atoms with Crippen molar-refractivity contribution >= 4 is 14.1 Å². The van der Waals surface area contributed by atoms with Crippen LogP contribution in [0.2, 0.25) is 0 Å². The van der Waals surface area contributed by atoms with E-state index >= 15 is 0 Å². The zero-order valence-electron chi connectivity index (χ0n) is 8.73. The van der Waals surface area contributed by atoms with Crippen LogP contribution < -0.4 is 0 Å². The Kier molecular flexibility index (Phi) is 4.33. The summed E-state index contributed by atoms with van der Waals surface area (Å²) in [5.41, 5.74) is 0.343. The largest absolute Gasteiger partial charge is 0.505 e. The van der Waals surface area contributed by atoms with E-state index in [0.29, 0.717) is 6.29 Å². The second kappa shape index (κ2) is 5.35. The average Bonchev–Trinajstić information content (AvgIpc) is 2.22. The Morgan fingerprint density at radius 2 is 2.18 bits per heavy atom. The molecular weight excluding hydrogens is 253 g/mol. The van der Waals surface area contributed by atoms with Gasteiger partial charge in [0.25, 0.3) is 0 Å². The summed E-state index contributed by atoms with van der Waals surface area (Å²) in [6, 6.07) is 0. The highest BCUT2D eigenvalue weighted by Crippen LogP contribution is 2.36. The second-order valence-corrected chi connectivity index (χ2v) is 4.21. The lowest BCUT2D eigenvalue weighted by Crippen LogP contribution is -2.01. The quantitative estimate of drug-likeness (QED) is 0.302. The van der Waals surface area contributed by atoms with Crippen molar-refractivity contribution in [2.24, 2.45) is 0 Å². The van der Waals surface area contributed by atoms with Crippen LogP contribution in [-0.4, -0.2) is 26.2 Å². The fourth-order valence-corrected chi connectivity index (χ4v) is 1.25. The van der Waals surface area contributed by atoms with Crippen molar-refractivity contribution in [1.29, 1.82) is 0 Å². The van der Waals surface area contributed by atoms with Crippen molar-refractivity contribution < 1.29 is 33.8 Å². The second-order valence-electron chi connectivity index (χ2n) is 3.08. The Balaban J connectivity index is 2.82. The summed E-state index contributed by atoms with van der Waals surface area (Å²) < 4.78 is 14.1. The third-order valence-electron chi connectivity index (χ3n) is 1.84. The SMILES string of the molecule is Cc1ncc(COOP(=O)(O)O)c(C=O)c1O. The van der Waals surface area contributed by atoms with Crippen LogP contribution in [0.3, 0.4) is 0 Å². The van der Waals surface area contributed by atoms with E-state index in [1.165, 1.54) is 13.1 Å². The number of phosphoric acid groups is 1. The summed E-state index contributed by atoms with van der Waals surface area (Å²) in [5, 5.41) is 9.49. The van der Waals surface area contributed by atoms with Gasteiger partial charge in [-0.3, -0.25) is 9.78 Å². The number of hydrogen-bond donors (Lipinski definition) is 3. The van der Waals surface area contributed by atoms with E-state index in [-0.39, 0.29) is 22.6 Å². The van der Waals surface area contributed by atoms with Crippen molar-refractivity contribution in [3.63, 3.8) is 0 Å². The first-order valence-electron chi connectivity index (χ1n) is 4.34. The summed E-state index contributed by atoms with van der Waals surface area (Å²) in [4.78, 5) is 35.4. The van der Waals surface area contributed by atoms with E-state index in [4.69, 9.17) is 9.79 Å². The summed E-state index contributed by atoms with van der Waals surface area (Å²) in [5.74, 6) is -0.308. The molecule has 1 aromatic rings. The molecule has 3 N–H and O–H groups in total.